The molecule has 0 aromatic carbocycles. The first-order valence-electron chi connectivity index (χ1n) is 5.43. The summed E-state index contributed by atoms with van der Waals surface area (Å²) in [4.78, 5) is 0. The van der Waals surface area contributed by atoms with E-state index in [1.54, 1.807) is 10.8 Å². The lowest BCUT2D eigenvalue weighted by molar-refractivity contribution is 0.735. The van der Waals surface area contributed by atoms with Crippen LogP contribution in [0.3, 0.4) is 0 Å². The van der Waals surface area contributed by atoms with Gasteiger partial charge in [-0.05, 0) is 64.0 Å². The molecule has 0 saturated heterocycles. The molecule has 0 amide bonds. The van der Waals surface area contributed by atoms with Crippen molar-refractivity contribution in [1.29, 1.82) is 0 Å². The molecule has 1 aliphatic rings. The largest absolute Gasteiger partial charge is 0.0845 e. The average Bonchev–Trinajstić information content (AvgIpc) is 2.35. The number of allylic oxidation sites excluding steroid dienone is 5. The Hall–Kier alpha value is 1.32. The fourth-order valence-corrected chi connectivity index (χ4v) is 11.9. The van der Waals surface area contributed by atoms with Crippen molar-refractivity contribution in [2.45, 2.75) is 25.7 Å². The van der Waals surface area contributed by atoms with Crippen molar-refractivity contribution in [1.82, 2.24) is 0 Å². The second kappa shape index (κ2) is 13.7. The summed E-state index contributed by atoms with van der Waals surface area (Å²) < 4.78 is 0. The summed E-state index contributed by atoms with van der Waals surface area (Å²) in [6.45, 7) is 0. The Kier molecular flexibility index (Phi) is 13.2. The van der Waals surface area contributed by atoms with Gasteiger partial charge in [0.25, 0.3) is 0 Å². The molecule has 96 valence electrons. The lowest BCUT2D eigenvalue weighted by atomic mass is 10.2. The monoisotopic (exact) mass is 340 g/mol. The molecular weight excluding hydrogens is 325 g/mol. The lowest BCUT2D eigenvalue weighted by Gasteiger charge is -1.99. The van der Waals surface area contributed by atoms with Crippen LogP contribution in [0.5, 0.6) is 0 Å². The minimum absolute atomic E-state index is 1.21. The maximum absolute atomic E-state index is 2.26. The molecule has 0 N–H and O–H groups in total. The Morgan fingerprint density at radius 2 is 1.59 bits per heavy atom. The second-order valence-electron chi connectivity index (χ2n) is 3.18. The highest BCUT2D eigenvalue weighted by Crippen LogP contribution is 2.52. The topological polar surface area (TPSA) is 0 Å². The molecule has 0 nitrogen and oxygen atoms in total. The van der Waals surface area contributed by atoms with Crippen LogP contribution in [0, 0.1) is 0 Å². The van der Waals surface area contributed by atoms with Crippen LogP contribution in [0.1, 0.15) is 25.7 Å². The van der Waals surface area contributed by atoms with Crippen molar-refractivity contribution < 1.29 is 0 Å². The third-order valence-corrected chi connectivity index (χ3v) is 12.4. The molecule has 0 aromatic rings. The molecule has 0 aliphatic carbocycles. The van der Waals surface area contributed by atoms with E-state index in [1.807, 2.05) is 50.1 Å². The first-order chi connectivity index (χ1) is 8.50. The van der Waals surface area contributed by atoms with Crippen LogP contribution in [0.4, 0.5) is 0 Å². The smallest absolute Gasteiger partial charge is 0.00454 e. The summed E-state index contributed by atoms with van der Waals surface area (Å²) in [5.41, 5.74) is 0. The van der Waals surface area contributed by atoms with E-state index in [0.29, 0.717) is 0 Å². The van der Waals surface area contributed by atoms with Crippen molar-refractivity contribution in [2.75, 3.05) is 5.75 Å². The van der Waals surface area contributed by atoms with Crippen molar-refractivity contribution >= 4 is 60.9 Å². The van der Waals surface area contributed by atoms with Gasteiger partial charge < -0.3 is 0 Å². The van der Waals surface area contributed by atoms with Gasteiger partial charge in [0.05, 0.1) is 0 Å². The van der Waals surface area contributed by atoms with E-state index < -0.39 is 0 Å². The molecule has 0 bridgehead atoms. The molecule has 0 unspecified atom stereocenters. The van der Waals surface area contributed by atoms with Gasteiger partial charge in [-0.1, -0.05) is 58.4 Å². The number of hydrogen-bond acceptors (Lipinski definition) is 6. The third-order valence-electron chi connectivity index (χ3n) is 1.87. The Morgan fingerprint density at radius 3 is 2.59 bits per heavy atom. The molecule has 0 aromatic heterocycles. The van der Waals surface area contributed by atoms with Gasteiger partial charge in [0.2, 0.25) is 0 Å². The van der Waals surface area contributed by atoms with Crippen molar-refractivity contribution in [2.24, 2.45) is 0 Å². The van der Waals surface area contributed by atoms with E-state index in [4.69, 9.17) is 0 Å². The van der Waals surface area contributed by atoms with Crippen LogP contribution >= 0.6 is 60.9 Å². The summed E-state index contributed by atoms with van der Waals surface area (Å²) in [6.07, 6.45) is 15.9. The molecule has 0 radical (unpaired) electrons. The van der Waals surface area contributed by atoms with Gasteiger partial charge >= 0.3 is 0 Å². The predicted octanol–water partition coefficient (Wildman–Crippen LogP) is 7.16. The summed E-state index contributed by atoms with van der Waals surface area (Å²) in [7, 11) is 11.2. The SMILES string of the molecule is C1=C\SSSSSSCCCCC/C=C/C=C/1. The van der Waals surface area contributed by atoms with Crippen LogP contribution in [-0.4, -0.2) is 5.75 Å². The van der Waals surface area contributed by atoms with Crippen LogP contribution in [0.2, 0.25) is 0 Å². The number of hydrogen-bond donors (Lipinski definition) is 0. The van der Waals surface area contributed by atoms with E-state index in [2.05, 4.69) is 35.8 Å². The Bertz CT molecular complexity index is 224. The quantitative estimate of drug-likeness (QED) is 0.426. The van der Waals surface area contributed by atoms with E-state index >= 15 is 0 Å². The van der Waals surface area contributed by atoms with E-state index in [1.165, 1.54) is 31.4 Å². The summed E-state index contributed by atoms with van der Waals surface area (Å²) in [6, 6.07) is 0. The van der Waals surface area contributed by atoms with Crippen molar-refractivity contribution in [3.8, 4) is 0 Å². The minimum Gasteiger partial charge on any atom is -0.0845 e. The molecule has 0 saturated carbocycles. The molecule has 1 aliphatic heterocycles. The van der Waals surface area contributed by atoms with Gasteiger partial charge in [-0.3, -0.25) is 0 Å². The van der Waals surface area contributed by atoms with Crippen molar-refractivity contribution in [3.63, 3.8) is 0 Å². The van der Waals surface area contributed by atoms with Crippen LogP contribution < -0.4 is 0 Å². The number of rotatable bonds is 0. The van der Waals surface area contributed by atoms with E-state index in [9.17, 15) is 0 Å². The molecule has 6 heteroatoms. The lowest BCUT2D eigenvalue weighted by Crippen LogP contribution is -1.77. The average molecular weight is 341 g/mol. The Labute approximate surface area is 127 Å². The van der Waals surface area contributed by atoms with E-state index in [0.717, 1.165) is 0 Å². The molecule has 1 heterocycles. The highest BCUT2D eigenvalue weighted by Gasteiger charge is 1.94. The molecule has 0 atom stereocenters. The normalized spacial score (nSPS) is 26.8. The van der Waals surface area contributed by atoms with Gasteiger partial charge in [-0.25, -0.2) is 0 Å². The Balaban J connectivity index is 2.22. The van der Waals surface area contributed by atoms with Crippen molar-refractivity contribution in [3.05, 3.63) is 35.8 Å². The van der Waals surface area contributed by atoms with Crippen LogP contribution in [0.25, 0.3) is 0 Å². The molecule has 17 heavy (non-hydrogen) atoms. The predicted molar refractivity (Wildman–Crippen MR) is 96.3 cm³/mol. The van der Waals surface area contributed by atoms with Crippen LogP contribution in [0.15, 0.2) is 35.8 Å². The zero-order valence-electron chi connectivity index (χ0n) is 9.45. The van der Waals surface area contributed by atoms with Gasteiger partial charge in [0, 0.05) is 5.75 Å². The third kappa shape index (κ3) is 12.1. The Morgan fingerprint density at radius 1 is 0.706 bits per heavy atom. The summed E-state index contributed by atoms with van der Waals surface area (Å²) in [5.74, 6) is 1.28. The fraction of sp³-hybridized carbons (Fsp3) is 0.455. The van der Waals surface area contributed by atoms with Crippen LogP contribution in [-0.2, 0) is 0 Å². The fourth-order valence-electron chi connectivity index (χ4n) is 1.10. The maximum atomic E-state index is 2.26. The highest BCUT2D eigenvalue weighted by atomic mass is 33.9. The minimum atomic E-state index is 1.21. The zero-order valence-corrected chi connectivity index (χ0v) is 14.3. The standard InChI is InChI=1S/C11H16S6/c1-2-4-6-8-10-12-14-16-17-15-13-11-9-7-5-3-1/h1-2,4,6,8,10H,3,5,7,9,11H2/b2-1+,6-4+,10-8-. The second-order valence-corrected chi connectivity index (χ2v) is 12.7. The summed E-state index contributed by atoms with van der Waals surface area (Å²) >= 11 is 0. The first-order valence-corrected chi connectivity index (χ1v) is 13.1. The first kappa shape index (κ1) is 16.4. The van der Waals surface area contributed by atoms with Gasteiger partial charge in [-0.2, -0.15) is 0 Å². The molecule has 0 spiro atoms. The van der Waals surface area contributed by atoms with Gasteiger partial charge in [0.15, 0.2) is 0 Å². The van der Waals surface area contributed by atoms with Gasteiger partial charge in [-0.15, -0.1) is 0 Å². The van der Waals surface area contributed by atoms with Gasteiger partial charge in [0.1, 0.15) is 0 Å². The molecule has 1 rings (SSSR count). The molecule has 0 fully saturated rings. The van der Waals surface area contributed by atoms with E-state index in [-0.39, 0.29) is 0 Å². The highest BCUT2D eigenvalue weighted by molar-refractivity contribution is 9.42. The summed E-state index contributed by atoms with van der Waals surface area (Å²) in [5, 5.41) is 2.12. The maximum Gasteiger partial charge on any atom is 0.00454 e. The zero-order chi connectivity index (χ0) is 12.0. The molecular formula is C11H16S6.